The van der Waals surface area contributed by atoms with Gasteiger partial charge < -0.3 is 14.7 Å². The van der Waals surface area contributed by atoms with Gasteiger partial charge in [-0.1, -0.05) is 0 Å². The molecule has 0 saturated heterocycles. The zero-order valence-corrected chi connectivity index (χ0v) is 11.3. The Balaban J connectivity index is 2.02. The van der Waals surface area contributed by atoms with E-state index in [9.17, 15) is 0 Å². The third-order valence-electron chi connectivity index (χ3n) is 3.16. The Morgan fingerprint density at radius 1 is 1.30 bits per heavy atom. The van der Waals surface area contributed by atoms with E-state index < -0.39 is 0 Å². The van der Waals surface area contributed by atoms with Gasteiger partial charge in [-0.3, -0.25) is 0 Å². The van der Waals surface area contributed by atoms with Gasteiger partial charge in [0.25, 0.3) is 0 Å². The van der Waals surface area contributed by atoms with Crippen LogP contribution >= 0.6 is 0 Å². The van der Waals surface area contributed by atoms with E-state index in [1.165, 1.54) is 0 Å². The van der Waals surface area contributed by atoms with Crippen molar-refractivity contribution in [3.63, 3.8) is 0 Å². The second-order valence-electron chi connectivity index (χ2n) is 4.64. The monoisotopic (exact) mass is 269 g/mol. The molecule has 102 valence electrons. The van der Waals surface area contributed by atoms with E-state index >= 15 is 0 Å². The fourth-order valence-electron chi connectivity index (χ4n) is 2.13. The molecule has 0 radical (unpaired) electrons. The maximum absolute atomic E-state index is 5.73. The van der Waals surface area contributed by atoms with E-state index in [-0.39, 0.29) is 6.04 Å². The van der Waals surface area contributed by atoms with Gasteiger partial charge in [-0.15, -0.1) is 0 Å². The van der Waals surface area contributed by atoms with Crippen LogP contribution in [-0.2, 0) is 0 Å². The Bertz CT molecular complexity index is 731. The summed E-state index contributed by atoms with van der Waals surface area (Å²) in [5.41, 5.74) is 7.64. The van der Waals surface area contributed by atoms with E-state index in [1.807, 2.05) is 30.5 Å². The lowest BCUT2D eigenvalue weighted by Crippen LogP contribution is -2.07. The van der Waals surface area contributed by atoms with Gasteiger partial charge in [0, 0.05) is 11.8 Å². The maximum Gasteiger partial charge on any atom is 0.217 e. The van der Waals surface area contributed by atoms with Gasteiger partial charge in [-0.25, -0.2) is 15.0 Å². The fourth-order valence-corrected chi connectivity index (χ4v) is 2.13. The van der Waals surface area contributed by atoms with Crippen molar-refractivity contribution >= 4 is 5.82 Å². The molecule has 3 aromatic rings. The molecule has 1 atom stereocenters. The molecule has 0 aromatic carbocycles. The number of anilines is 1. The van der Waals surface area contributed by atoms with E-state index in [2.05, 4.69) is 15.0 Å². The minimum Gasteiger partial charge on any atom is -0.444 e. The van der Waals surface area contributed by atoms with Gasteiger partial charge in [0.15, 0.2) is 0 Å². The molecule has 0 fully saturated rings. The van der Waals surface area contributed by atoms with Crippen LogP contribution in [0.1, 0.15) is 24.6 Å². The van der Waals surface area contributed by atoms with Crippen molar-refractivity contribution in [2.45, 2.75) is 19.9 Å². The number of aromatic nitrogens is 4. The Hall–Kier alpha value is -2.63. The minimum absolute atomic E-state index is 0.0458. The van der Waals surface area contributed by atoms with Crippen molar-refractivity contribution in [1.29, 1.82) is 0 Å². The van der Waals surface area contributed by atoms with Crippen LogP contribution in [0.15, 0.2) is 41.5 Å². The molecule has 0 aliphatic rings. The standard InChI is InChI=1S/C14H15N5O/c1-9-6-18-14(20-9)10(2)19-8-16-7-12(19)11-3-4-17-13(15)5-11/h3-8,10H,1-2H3,(H2,15,17). The zero-order chi connectivity index (χ0) is 14.1. The first-order valence-corrected chi connectivity index (χ1v) is 6.31. The molecule has 2 N–H and O–H groups in total. The predicted octanol–water partition coefficient (Wildman–Crippen LogP) is 2.43. The molecule has 0 bridgehead atoms. The second-order valence-corrected chi connectivity index (χ2v) is 4.64. The SMILES string of the molecule is Cc1cnc(C(C)n2cncc2-c2ccnc(N)c2)o1. The number of pyridine rings is 1. The van der Waals surface area contributed by atoms with Crippen LogP contribution in [0.25, 0.3) is 11.3 Å². The Morgan fingerprint density at radius 3 is 2.85 bits per heavy atom. The molecule has 0 saturated carbocycles. The number of nitrogen functional groups attached to an aromatic ring is 1. The smallest absolute Gasteiger partial charge is 0.217 e. The molecule has 0 spiro atoms. The van der Waals surface area contributed by atoms with Crippen LogP contribution in [-0.4, -0.2) is 19.5 Å². The predicted molar refractivity (Wildman–Crippen MR) is 74.9 cm³/mol. The number of imidazole rings is 1. The number of nitrogens with two attached hydrogens (primary N) is 1. The highest BCUT2D eigenvalue weighted by molar-refractivity contribution is 5.62. The highest BCUT2D eigenvalue weighted by atomic mass is 16.4. The Morgan fingerprint density at radius 2 is 2.15 bits per heavy atom. The fraction of sp³-hybridized carbons (Fsp3) is 0.214. The molecular weight excluding hydrogens is 254 g/mol. The number of rotatable bonds is 3. The number of nitrogens with zero attached hydrogens (tertiary/aromatic N) is 4. The van der Waals surface area contributed by atoms with Crippen molar-refractivity contribution in [1.82, 2.24) is 19.5 Å². The van der Waals surface area contributed by atoms with Crippen LogP contribution in [0.2, 0.25) is 0 Å². The molecule has 3 aromatic heterocycles. The lowest BCUT2D eigenvalue weighted by Gasteiger charge is -2.13. The Labute approximate surface area is 116 Å². The van der Waals surface area contributed by atoms with Gasteiger partial charge in [0.05, 0.1) is 24.4 Å². The first-order chi connectivity index (χ1) is 9.65. The number of hydrogen-bond acceptors (Lipinski definition) is 5. The summed E-state index contributed by atoms with van der Waals surface area (Å²) in [5.74, 6) is 1.93. The summed E-state index contributed by atoms with van der Waals surface area (Å²) in [6.07, 6.45) is 6.95. The van der Waals surface area contributed by atoms with Crippen molar-refractivity contribution in [2.24, 2.45) is 0 Å². The van der Waals surface area contributed by atoms with Crippen LogP contribution in [0.3, 0.4) is 0 Å². The quantitative estimate of drug-likeness (QED) is 0.789. The summed E-state index contributed by atoms with van der Waals surface area (Å²) in [6.45, 7) is 3.89. The first kappa shape index (κ1) is 12.4. The van der Waals surface area contributed by atoms with Crippen molar-refractivity contribution in [2.75, 3.05) is 5.73 Å². The molecule has 0 aliphatic carbocycles. The normalized spacial score (nSPS) is 12.5. The van der Waals surface area contributed by atoms with E-state index in [0.29, 0.717) is 11.7 Å². The third kappa shape index (κ3) is 2.16. The lowest BCUT2D eigenvalue weighted by molar-refractivity contribution is 0.416. The molecular formula is C14H15N5O. The largest absolute Gasteiger partial charge is 0.444 e. The number of hydrogen-bond donors (Lipinski definition) is 1. The topological polar surface area (TPSA) is 82.8 Å². The molecule has 0 aliphatic heterocycles. The molecule has 1 unspecified atom stereocenters. The summed E-state index contributed by atoms with van der Waals surface area (Å²) in [5, 5.41) is 0. The van der Waals surface area contributed by atoms with Crippen molar-refractivity contribution < 1.29 is 4.42 Å². The van der Waals surface area contributed by atoms with Gasteiger partial charge in [-0.2, -0.15) is 0 Å². The van der Waals surface area contributed by atoms with Crippen molar-refractivity contribution in [3.05, 3.63) is 48.7 Å². The maximum atomic E-state index is 5.73. The van der Waals surface area contributed by atoms with Crippen LogP contribution in [0.5, 0.6) is 0 Å². The van der Waals surface area contributed by atoms with Crippen LogP contribution in [0.4, 0.5) is 5.82 Å². The van der Waals surface area contributed by atoms with E-state index in [4.69, 9.17) is 10.2 Å². The molecule has 0 amide bonds. The Kier molecular flexibility index (Phi) is 2.98. The summed E-state index contributed by atoms with van der Waals surface area (Å²) in [7, 11) is 0. The van der Waals surface area contributed by atoms with Gasteiger partial charge in [-0.05, 0) is 26.0 Å². The lowest BCUT2D eigenvalue weighted by atomic mass is 10.2. The van der Waals surface area contributed by atoms with Gasteiger partial charge >= 0.3 is 0 Å². The highest BCUT2D eigenvalue weighted by Crippen LogP contribution is 2.26. The van der Waals surface area contributed by atoms with Gasteiger partial charge in [0.2, 0.25) is 5.89 Å². The average molecular weight is 269 g/mol. The molecule has 3 rings (SSSR count). The summed E-state index contributed by atoms with van der Waals surface area (Å²) in [6, 6.07) is 3.67. The molecule has 3 heterocycles. The van der Waals surface area contributed by atoms with Crippen LogP contribution < -0.4 is 5.73 Å². The summed E-state index contributed by atoms with van der Waals surface area (Å²) < 4.78 is 7.59. The van der Waals surface area contributed by atoms with E-state index in [1.54, 1.807) is 24.9 Å². The molecule has 6 heteroatoms. The highest BCUT2D eigenvalue weighted by Gasteiger charge is 2.17. The molecule has 20 heavy (non-hydrogen) atoms. The average Bonchev–Trinajstić information content (AvgIpc) is 3.06. The number of oxazole rings is 1. The van der Waals surface area contributed by atoms with E-state index in [0.717, 1.165) is 17.0 Å². The van der Waals surface area contributed by atoms with Gasteiger partial charge in [0.1, 0.15) is 17.6 Å². The third-order valence-corrected chi connectivity index (χ3v) is 3.16. The second kappa shape index (κ2) is 4.80. The first-order valence-electron chi connectivity index (χ1n) is 6.31. The van der Waals surface area contributed by atoms with Crippen molar-refractivity contribution in [3.8, 4) is 11.3 Å². The summed E-state index contributed by atoms with van der Waals surface area (Å²) in [4.78, 5) is 12.5. The zero-order valence-electron chi connectivity index (χ0n) is 11.3. The van der Waals surface area contributed by atoms with Crippen LogP contribution in [0, 0.1) is 6.92 Å². The minimum atomic E-state index is -0.0458. The number of aryl methyl sites for hydroxylation is 1. The molecule has 6 nitrogen and oxygen atoms in total. The summed E-state index contributed by atoms with van der Waals surface area (Å²) >= 11 is 0.